The summed E-state index contributed by atoms with van der Waals surface area (Å²) in [7, 11) is 3.90. The number of hydrogen-bond acceptors (Lipinski definition) is 6. The molecule has 21 heavy (non-hydrogen) atoms. The van der Waals surface area contributed by atoms with Gasteiger partial charge in [0.05, 0.1) is 15.6 Å². The zero-order valence-electron chi connectivity index (χ0n) is 11.4. The Morgan fingerprint density at radius 2 is 1.95 bits per heavy atom. The molecule has 0 atom stereocenters. The van der Waals surface area contributed by atoms with E-state index in [2.05, 4.69) is 10.2 Å². The number of thiophene rings is 1. The number of rotatable bonds is 4. The van der Waals surface area contributed by atoms with Crippen LogP contribution in [-0.4, -0.2) is 20.4 Å². The summed E-state index contributed by atoms with van der Waals surface area (Å²) in [5, 5.41) is 17.6. The molecule has 0 aliphatic heterocycles. The van der Waals surface area contributed by atoms with Crippen molar-refractivity contribution in [3.8, 4) is 6.07 Å². The summed E-state index contributed by atoms with van der Waals surface area (Å²) in [6.07, 6.45) is 0.610. The summed E-state index contributed by atoms with van der Waals surface area (Å²) >= 11 is 6.96. The lowest BCUT2D eigenvalue weighted by atomic mass is 10.3. The molecule has 0 spiro atoms. The van der Waals surface area contributed by atoms with Gasteiger partial charge in [0, 0.05) is 19.8 Å². The van der Waals surface area contributed by atoms with Gasteiger partial charge < -0.3 is 4.90 Å². The fourth-order valence-corrected chi connectivity index (χ4v) is 2.71. The van der Waals surface area contributed by atoms with Crippen LogP contribution in [0, 0.1) is 11.3 Å². The molecule has 106 valence electrons. The number of benzene rings is 1. The second kappa shape index (κ2) is 6.48. The molecule has 7 heteroatoms. The molecule has 1 aromatic heterocycles. The fraction of sp³-hybridized carbons (Fsp3) is 0.143. The number of nitriles is 1. The van der Waals surface area contributed by atoms with E-state index in [0.717, 1.165) is 17.0 Å². The van der Waals surface area contributed by atoms with Crippen molar-refractivity contribution in [3.63, 3.8) is 0 Å². The zero-order chi connectivity index (χ0) is 15.4. The third-order valence-electron chi connectivity index (χ3n) is 2.70. The highest BCUT2D eigenvalue weighted by molar-refractivity contribution is 7.18. The van der Waals surface area contributed by atoms with Crippen molar-refractivity contribution < 1.29 is 4.79 Å². The lowest BCUT2D eigenvalue weighted by Gasteiger charge is -2.11. The van der Waals surface area contributed by atoms with Gasteiger partial charge >= 0.3 is 0 Å². The Balaban J connectivity index is 2.29. The highest BCUT2D eigenvalue weighted by atomic mass is 35.5. The van der Waals surface area contributed by atoms with Crippen LogP contribution in [0.1, 0.15) is 15.2 Å². The number of aldehydes is 1. The Bertz CT molecular complexity index is 729. The topological polar surface area (TPSA) is 68.8 Å². The summed E-state index contributed by atoms with van der Waals surface area (Å²) in [6.45, 7) is 0. The number of carbonyl (C=O) groups is 1. The van der Waals surface area contributed by atoms with Gasteiger partial charge in [0.25, 0.3) is 0 Å². The van der Waals surface area contributed by atoms with Crippen molar-refractivity contribution in [1.82, 2.24) is 0 Å². The van der Waals surface area contributed by atoms with Crippen LogP contribution in [0.15, 0.2) is 34.5 Å². The maximum absolute atomic E-state index is 10.8. The standard InChI is InChI=1S/C14H11ClN4OS/c1-19(2)10-5-3-9(4-6-10)17-18-14-11(7-16)13(15)12(8-20)21-14/h3-6,8H,1-2H3. The molecule has 0 amide bonds. The molecule has 1 heterocycles. The van der Waals surface area contributed by atoms with Crippen molar-refractivity contribution in [1.29, 1.82) is 5.26 Å². The Hall–Kier alpha value is -2.23. The first-order valence-electron chi connectivity index (χ1n) is 5.93. The van der Waals surface area contributed by atoms with E-state index < -0.39 is 0 Å². The highest BCUT2D eigenvalue weighted by Gasteiger charge is 2.15. The normalized spacial score (nSPS) is 10.6. The molecule has 0 radical (unpaired) electrons. The molecule has 5 nitrogen and oxygen atoms in total. The molecule has 0 fully saturated rings. The number of azo groups is 1. The van der Waals surface area contributed by atoms with Gasteiger partial charge in [-0.05, 0) is 24.3 Å². The van der Waals surface area contributed by atoms with Crippen molar-refractivity contribution in [2.24, 2.45) is 10.2 Å². The predicted octanol–water partition coefficient (Wildman–Crippen LogP) is 4.57. The third kappa shape index (κ3) is 3.27. The van der Waals surface area contributed by atoms with E-state index >= 15 is 0 Å². The first-order chi connectivity index (χ1) is 10.1. The zero-order valence-corrected chi connectivity index (χ0v) is 12.9. The molecular formula is C14H11ClN4OS. The third-order valence-corrected chi connectivity index (χ3v) is 4.20. The monoisotopic (exact) mass is 318 g/mol. The molecule has 0 saturated heterocycles. The van der Waals surface area contributed by atoms with Crippen molar-refractivity contribution in [3.05, 3.63) is 39.7 Å². The summed E-state index contributed by atoms with van der Waals surface area (Å²) in [5.74, 6) is 0. The Morgan fingerprint density at radius 1 is 1.29 bits per heavy atom. The summed E-state index contributed by atoms with van der Waals surface area (Å²) in [6, 6.07) is 9.41. The van der Waals surface area contributed by atoms with Gasteiger partial charge in [-0.1, -0.05) is 11.6 Å². The van der Waals surface area contributed by atoms with Crippen LogP contribution in [-0.2, 0) is 0 Å². The van der Waals surface area contributed by atoms with E-state index in [1.165, 1.54) is 0 Å². The smallest absolute Gasteiger partial charge is 0.161 e. The molecule has 0 aliphatic carbocycles. The van der Waals surface area contributed by atoms with E-state index in [-0.39, 0.29) is 15.5 Å². The number of hydrogen-bond donors (Lipinski definition) is 0. The molecule has 0 unspecified atom stereocenters. The fourth-order valence-electron chi connectivity index (χ4n) is 1.58. The van der Waals surface area contributed by atoms with E-state index in [1.54, 1.807) is 0 Å². The first-order valence-corrected chi connectivity index (χ1v) is 7.13. The minimum Gasteiger partial charge on any atom is -0.378 e. The minimum atomic E-state index is 0.134. The van der Waals surface area contributed by atoms with Crippen molar-refractivity contribution in [2.45, 2.75) is 0 Å². The van der Waals surface area contributed by atoms with Crippen LogP contribution < -0.4 is 4.90 Å². The van der Waals surface area contributed by atoms with E-state index in [0.29, 0.717) is 17.0 Å². The molecule has 2 rings (SSSR count). The average molecular weight is 319 g/mol. The molecule has 2 aromatic rings. The Morgan fingerprint density at radius 3 is 2.48 bits per heavy atom. The lowest BCUT2D eigenvalue weighted by molar-refractivity contribution is 0.112. The van der Waals surface area contributed by atoms with Crippen LogP contribution in [0.2, 0.25) is 5.02 Å². The van der Waals surface area contributed by atoms with Crippen molar-refractivity contribution in [2.75, 3.05) is 19.0 Å². The van der Waals surface area contributed by atoms with Gasteiger partial charge in [-0.25, -0.2) is 0 Å². The maximum atomic E-state index is 10.8. The predicted molar refractivity (Wildman–Crippen MR) is 84.4 cm³/mol. The van der Waals surface area contributed by atoms with Crippen LogP contribution in [0.25, 0.3) is 0 Å². The molecule has 0 N–H and O–H groups in total. The summed E-state index contributed by atoms with van der Waals surface area (Å²) in [5.41, 5.74) is 1.88. The first kappa shape index (κ1) is 15.2. The van der Waals surface area contributed by atoms with Crippen LogP contribution >= 0.6 is 22.9 Å². The van der Waals surface area contributed by atoms with Crippen LogP contribution in [0.3, 0.4) is 0 Å². The van der Waals surface area contributed by atoms with Gasteiger partial charge in [0.15, 0.2) is 11.3 Å². The summed E-state index contributed by atoms with van der Waals surface area (Å²) in [4.78, 5) is 13.1. The number of anilines is 1. The molecule has 0 saturated carbocycles. The molecular weight excluding hydrogens is 308 g/mol. The van der Waals surface area contributed by atoms with E-state index in [9.17, 15) is 4.79 Å². The lowest BCUT2D eigenvalue weighted by Crippen LogP contribution is -2.07. The Labute approximate surface area is 131 Å². The van der Waals surface area contributed by atoms with Gasteiger partial charge in [-0.15, -0.1) is 21.6 Å². The number of carbonyl (C=O) groups excluding carboxylic acids is 1. The molecule has 0 bridgehead atoms. The molecule has 1 aromatic carbocycles. The van der Waals surface area contributed by atoms with Crippen LogP contribution in [0.5, 0.6) is 0 Å². The van der Waals surface area contributed by atoms with Gasteiger partial charge in [-0.2, -0.15) is 5.26 Å². The summed E-state index contributed by atoms with van der Waals surface area (Å²) < 4.78 is 0. The van der Waals surface area contributed by atoms with Gasteiger partial charge in [0.1, 0.15) is 11.6 Å². The number of nitrogens with zero attached hydrogens (tertiary/aromatic N) is 4. The van der Waals surface area contributed by atoms with E-state index in [4.69, 9.17) is 16.9 Å². The van der Waals surface area contributed by atoms with E-state index in [1.807, 2.05) is 49.3 Å². The maximum Gasteiger partial charge on any atom is 0.161 e. The van der Waals surface area contributed by atoms with Gasteiger partial charge in [0.2, 0.25) is 0 Å². The average Bonchev–Trinajstić information content (AvgIpc) is 2.80. The largest absolute Gasteiger partial charge is 0.378 e. The Kier molecular flexibility index (Phi) is 4.68. The minimum absolute atomic E-state index is 0.134. The van der Waals surface area contributed by atoms with Gasteiger partial charge in [-0.3, -0.25) is 4.79 Å². The molecule has 0 aliphatic rings. The second-order valence-electron chi connectivity index (χ2n) is 4.30. The van der Waals surface area contributed by atoms with Crippen LogP contribution in [0.4, 0.5) is 16.4 Å². The second-order valence-corrected chi connectivity index (χ2v) is 5.71. The SMILES string of the molecule is CN(C)c1ccc(N=Nc2sc(C=O)c(Cl)c2C#N)cc1. The van der Waals surface area contributed by atoms with Crippen molar-refractivity contribution >= 4 is 45.6 Å². The quantitative estimate of drug-likeness (QED) is 0.612. The highest BCUT2D eigenvalue weighted by Crippen LogP contribution is 2.38. The number of halogens is 1.